The predicted molar refractivity (Wildman–Crippen MR) is 98.7 cm³/mol. The Labute approximate surface area is 150 Å². The summed E-state index contributed by atoms with van der Waals surface area (Å²) >= 11 is 0. The molecule has 0 saturated heterocycles. The SMILES string of the molecule is Cc1ccc(CN(C)C(=O)c2cc(-c3ccco3)nc3ccccc23)o1. The Bertz CT molecular complexity index is 1060. The number of para-hydroxylation sites is 1. The number of pyridine rings is 1. The second-order valence-corrected chi connectivity index (χ2v) is 6.22. The Hall–Kier alpha value is -3.34. The first-order chi connectivity index (χ1) is 12.6. The Kier molecular flexibility index (Phi) is 4.05. The molecular weight excluding hydrogens is 328 g/mol. The molecule has 1 amide bonds. The number of hydrogen-bond acceptors (Lipinski definition) is 4. The van der Waals surface area contributed by atoms with Gasteiger partial charge in [0.2, 0.25) is 0 Å². The van der Waals surface area contributed by atoms with Crippen molar-refractivity contribution in [1.29, 1.82) is 0 Å². The topological polar surface area (TPSA) is 59.5 Å². The van der Waals surface area contributed by atoms with Gasteiger partial charge in [-0.05, 0) is 43.3 Å². The predicted octanol–water partition coefficient (Wildman–Crippen LogP) is 4.67. The standard InChI is InChI=1S/C21H18N2O3/c1-14-9-10-15(26-14)13-23(2)21(24)17-12-19(20-8-5-11-25-20)22-18-7-4-3-6-16(17)18/h3-12H,13H2,1-2H3. The smallest absolute Gasteiger partial charge is 0.254 e. The molecule has 1 aromatic carbocycles. The zero-order valence-corrected chi connectivity index (χ0v) is 14.6. The van der Waals surface area contributed by atoms with Crippen molar-refractivity contribution in [3.8, 4) is 11.5 Å². The number of nitrogens with zero attached hydrogens (tertiary/aromatic N) is 2. The van der Waals surface area contributed by atoms with Crippen LogP contribution in [0.25, 0.3) is 22.4 Å². The van der Waals surface area contributed by atoms with E-state index < -0.39 is 0 Å². The average Bonchev–Trinajstić information content (AvgIpc) is 3.32. The number of amides is 1. The van der Waals surface area contributed by atoms with E-state index in [-0.39, 0.29) is 5.91 Å². The van der Waals surface area contributed by atoms with Crippen molar-refractivity contribution in [3.05, 3.63) is 77.9 Å². The first-order valence-corrected chi connectivity index (χ1v) is 8.36. The highest BCUT2D eigenvalue weighted by Gasteiger charge is 2.19. The number of hydrogen-bond donors (Lipinski definition) is 0. The molecule has 4 aromatic rings. The molecule has 0 N–H and O–H groups in total. The number of aromatic nitrogens is 1. The number of carbonyl (C=O) groups excluding carboxylic acids is 1. The van der Waals surface area contributed by atoms with Crippen molar-refractivity contribution in [3.63, 3.8) is 0 Å². The molecular formula is C21H18N2O3. The van der Waals surface area contributed by atoms with E-state index in [1.54, 1.807) is 30.3 Å². The van der Waals surface area contributed by atoms with Crippen molar-refractivity contribution in [2.75, 3.05) is 7.05 Å². The number of furan rings is 2. The first kappa shape index (κ1) is 16.1. The molecule has 0 aliphatic carbocycles. The summed E-state index contributed by atoms with van der Waals surface area (Å²) in [5.74, 6) is 2.12. The Morgan fingerprint density at radius 3 is 2.69 bits per heavy atom. The molecule has 0 saturated carbocycles. The Balaban J connectivity index is 1.75. The molecule has 0 spiro atoms. The van der Waals surface area contributed by atoms with Crippen LogP contribution in [-0.2, 0) is 6.54 Å². The lowest BCUT2D eigenvalue weighted by molar-refractivity contribution is 0.0777. The van der Waals surface area contributed by atoms with Crippen LogP contribution in [0.15, 0.2) is 69.7 Å². The highest BCUT2D eigenvalue weighted by atomic mass is 16.3. The molecule has 3 aromatic heterocycles. The van der Waals surface area contributed by atoms with E-state index in [2.05, 4.69) is 4.98 Å². The fraction of sp³-hybridized carbons (Fsp3) is 0.143. The second kappa shape index (κ2) is 6.52. The summed E-state index contributed by atoms with van der Waals surface area (Å²) in [7, 11) is 1.77. The summed E-state index contributed by atoms with van der Waals surface area (Å²) in [6, 6.07) is 16.8. The monoisotopic (exact) mass is 346 g/mol. The second-order valence-electron chi connectivity index (χ2n) is 6.22. The van der Waals surface area contributed by atoms with Crippen LogP contribution in [0.4, 0.5) is 0 Å². The van der Waals surface area contributed by atoms with Crippen LogP contribution in [0.1, 0.15) is 21.9 Å². The third-order valence-corrected chi connectivity index (χ3v) is 4.26. The maximum absolute atomic E-state index is 13.1. The quantitative estimate of drug-likeness (QED) is 0.539. The molecule has 0 aliphatic rings. The molecule has 0 bridgehead atoms. The maximum atomic E-state index is 13.1. The van der Waals surface area contributed by atoms with Gasteiger partial charge in [-0.1, -0.05) is 18.2 Å². The minimum absolute atomic E-state index is 0.0922. The molecule has 0 radical (unpaired) electrons. The van der Waals surface area contributed by atoms with Gasteiger partial charge in [0.05, 0.1) is 23.9 Å². The summed E-state index contributed by atoms with van der Waals surface area (Å²) in [5.41, 5.74) is 1.99. The third-order valence-electron chi connectivity index (χ3n) is 4.26. The molecule has 0 unspecified atom stereocenters. The van der Waals surface area contributed by atoms with E-state index in [1.807, 2.05) is 49.4 Å². The molecule has 4 rings (SSSR count). The van der Waals surface area contributed by atoms with Gasteiger partial charge in [-0.25, -0.2) is 4.98 Å². The first-order valence-electron chi connectivity index (χ1n) is 8.36. The number of carbonyl (C=O) groups is 1. The van der Waals surface area contributed by atoms with Crippen molar-refractivity contribution in [2.45, 2.75) is 13.5 Å². The van der Waals surface area contributed by atoms with Crippen LogP contribution in [0.2, 0.25) is 0 Å². The Morgan fingerprint density at radius 1 is 1.12 bits per heavy atom. The van der Waals surface area contributed by atoms with E-state index in [0.717, 1.165) is 22.4 Å². The lowest BCUT2D eigenvalue weighted by Crippen LogP contribution is -2.26. The fourth-order valence-corrected chi connectivity index (χ4v) is 2.98. The van der Waals surface area contributed by atoms with Crippen LogP contribution in [-0.4, -0.2) is 22.8 Å². The van der Waals surface area contributed by atoms with Gasteiger partial charge in [-0.15, -0.1) is 0 Å². The molecule has 0 fully saturated rings. The summed E-state index contributed by atoms with van der Waals surface area (Å²) in [4.78, 5) is 19.4. The normalized spacial score (nSPS) is 11.0. The zero-order chi connectivity index (χ0) is 18.1. The van der Waals surface area contributed by atoms with E-state index >= 15 is 0 Å². The van der Waals surface area contributed by atoms with Crippen LogP contribution >= 0.6 is 0 Å². The molecule has 5 heteroatoms. The summed E-state index contributed by atoms with van der Waals surface area (Å²) in [6.45, 7) is 2.29. The highest BCUT2D eigenvalue weighted by molar-refractivity contribution is 6.07. The average molecular weight is 346 g/mol. The van der Waals surface area contributed by atoms with Crippen molar-refractivity contribution < 1.29 is 13.6 Å². The van der Waals surface area contributed by atoms with Crippen molar-refractivity contribution in [1.82, 2.24) is 9.88 Å². The maximum Gasteiger partial charge on any atom is 0.254 e. The van der Waals surface area contributed by atoms with Crippen molar-refractivity contribution >= 4 is 16.8 Å². The van der Waals surface area contributed by atoms with Crippen molar-refractivity contribution in [2.24, 2.45) is 0 Å². The largest absolute Gasteiger partial charge is 0.464 e. The van der Waals surface area contributed by atoms with Gasteiger partial charge in [0.25, 0.3) is 5.91 Å². The number of rotatable bonds is 4. The van der Waals surface area contributed by atoms with Gasteiger partial charge >= 0.3 is 0 Å². The Morgan fingerprint density at radius 2 is 1.96 bits per heavy atom. The molecule has 130 valence electrons. The summed E-state index contributed by atoms with van der Waals surface area (Å²) in [5, 5.41) is 0.815. The van der Waals surface area contributed by atoms with E-state index in [4.69, 9.17) is 8.83 Å². The lowest BCUT2D eigenvalue weighted by atomic mass is 10.1. The van der Waals surface area contributed by atoms with E-state index in [9.17, 15) is 4.79 Å². The van der Waals surface area contributed by atoms with Gasteiger partial charge in [-0.3, -0.25) is 4.79 Å². The molecule has 26 heavy (non-hydrogen) atoms. The van der Waals surface area contributed by atoms with Crippen LogP contribution < -0.4 is 0 Å². The molecule has 5 nitrogen and oxygen atoms in total. The lowest BCUT2D eigenvalue weighted by Gasteiger charge is -2.17. The van der Waals surface area contributed by atoms with Crippen LogP contribution in [0.3, 0.4) is 0 Å². The third kappa shape index (κ3) is 2.99. The zero-order valence-electron chi connectivity index (χ0n) is 14.6. The van der Waals surface area contributed by atoms with Gasteiger partial charge in [0, 0.05) is 12.4 Å². The summed E-state index contributed by atoms with van der Waals surface area (Å²) < 4.78 is 11.0. The number of fused-ring (bicyclic) bond motifs is 1. The summed E-state index contributed by atoms with van der Waals surface area (Å²) in [6.07, 6.45) is 1.60. The molecule has 0 atom stereocenters. The van der Waals surface area contributed by atoms with E-state index in [0.29, 0.717) is 23.6 Å². The number of aryl methyl sites for hydroxylation is 1. The van der Waals surface area contributed by atoms with Gasteiger partial charge in [0.1, 0.15) is 17.2 Å². The van der Waals surface area contributed by atoms with Crippen LogP contribution in [0.5, 0.6) is 0 Å². The molecule has 3 heterocycles. The van der Waals surface area contributed by atoms with Gasteiger partial charge in [0.15, 0.2) is 5.76 Å². The number of benzene rings is 1. The minimum atomic E-state index is -0.0922. The van der Waals surface area contributed by atoms with Gasteiger partial charge < -0.3 is 13.7 Å². The fourth-order valence-electron chi connectivity index (χ4n) is 2.98. The highest BCUT2D eigenvalue weighted by Crippen LogP contribution is 2.26. The molecule has 0 aliphatic heterocycles. The van der Waals surface area contributed by atoms with E-state index in [1.165, 1.54) is 0 Å². The van der Waals surface area contributed by atoms with Gasteiger partial charge in [-0.2, -0.15) is 0 Å². The minimum Gasteiger partial charge on any atom is -0.464 e. The van der Waals surface area contributed by atoms with Crippen LogP contribution in [0, 0.1) is 6.92 Å².